The van der Waals surface area contributed by atoms with Crippen molar-refractivity contribution >= 4 is 11.3 Å². The molecule has 7 heteroatoms. The first kappa shape index (κ1) is 16.6. The van der Waals surface area contributed by atoms with E-state index in [4.69, 9.17) is 9.15 Å². The number of thiazole rings is 1. The lowest BCUT2D eigenvalue weighted by Crippen LogP contribution is -2.34. The smallest absolute Gasteiger partial charge is 0.208 e. The van der Waals surface area contributed by atoms with Crippen LogP contribution in [-0.2, 0) is 24.4 Å². The molecule has 0 unspecified atom stereocenters. The number of hydrogen-bond acceptors (Lipinski definition) is 7. The van der Waals surface area contributed by atoms with Gasteiger partial charge in [-0.05, 0) is 20.4 Å². The van der Waals surface area contributed by atoms with E-state index in [-0.39, 0.29) is 0 Å². The number of nitrogens with zero attached hydrogens (tertiary/aromatic N) is 4. The number of aryl methyl sites for hydroxylation is 1. The Labute approximate surface area is 141 Å². The van der Waals surface area contributed by atoms with Crippen LogP contribution in [0.4, 0.5) is 0 Å². The van der Waals surface area contributed by atoms with Crippen LogP contribution in [0.1, 0.15) is 28.8 Å². The van der Waals surface area contributed by atoms with Crippen molar-refractivity contribution < 1.29 is 9.15 Å². The predicted octanol–water partition coefficient (Wildman–Crippen LogP) is 2.29. The van der Waals surface area contributed by atoms with Crippen molar-refractivity contribution in [3.8, 4) is 0 Å². The van der Waals surface area contributed by atoms with E-state index in [1.807, 2.05) is 6.92 Å². The summed E-state index contributed by atoms with van der Waals surface area (Å²) in [6.07, 6.45) is 2.95. The van der Waals surface area contributed by atoms with Crippen molar-refractivity contribution in [2.24, 2.45) is 0 Å². The van der Waals surface area contributed by atoms with Crippen molar-refractivity contribution in [1.29, 1.82) is 0 Å². The Balaban J connectivity index is 1.49. The van der Waals surface area contributed by atoms with E-state index < -0.39 is 0 Å². The first-order valence-corrected chi connectivity index (χ1v) is 8.78. The summed E-state index contributed by atoms with van der Waals surface area (Å²) in [6, 6.07) is 0.541. The highest BCUT2D eigenvalue weighted by molar-refractivity contribution is 7.09. The molecule has 0 bridgehead atoms. The Bertz CT molecular complexity index is 627. The molecule has 126 valence electrons. The van der Waals surface area contributed by atoms with Gasteiger partial charge in [-0.3, -0.25) is 9.80 Å². The van der Waals surface area contributed by atoms with Gasteiger partial charge in [-0.25, -0.2) is 9.97 Å². The summed E-state index contributed by atoms with van der Waals surface area (Å²) in [6.45, 7) is 6.39. The van der Waals surface area contributed by atoms with E-state index in [9.17, 15) is 0 Å². The Morgan fingerprint density at radius 2 is 2.39 bits per heavy atom. The van der Waals surface area contributed by atoms with Gasteiger partial charge >= 0.3 is 0 Å². The summed E-state index contributed by atoms with van der Waals surface area (Å²) in [5, 5.41) is 3.19. The first-order valence-electron chi connectivity index (χ1n) is 7.90. The van der Waals surface area contributed by atoms with Crippen molar-refractivity contribution in [3.63, 3.8) is 0 Å². The highest BCUT2D eigenvalue weighted by atomic mass is 32.1. The molecule has 1 fully saturated rings. The minimum atomic E-state index is 0.541. The molecule has 0 aromatic carbocycles. The fourth-order valence-corrected chi connectivity index (χ4v) is 3.73. The number of methoxy groups -OCH3 is 1. The van der Waals surface area contributed by atoms with E-state index >= 15 is 0 Å². The zero-order valence-electron chi connectivity index (χ0n) is 14.0. The van der Waals surface area contributed by atoms with E-state index in [1.165, 1.54) is 6.42 Å². The van der Waals surface area contributed by atoms with Crippen LogP contribution < -0.4 is 0 Å². The van der Waals surface area contributed by atoms with Gasteiger partial charge in [0, 0.05) is 38.2 Å². The van der Waals surface area contributed by atoms with Gasteiger partial charge in [0.15, 0.2) is 0 Å². The second-order valence-electron chi connectivity index (χ2n) is 6.12. The molecule has 0 amide bonds. The molecule has 0 spiro atoms. The molecule has 2 aromatic heterocycles. The summed E-state index contributed by atoms with van der Waals surface area (Å²) in [5.41, 5.74) is 1.15. The van der Waals surface area contributed by atoms with E-state index in [1.54, 1.807) is 24.6 Å². The molecule has 3 heterocycles. The van der Waals surface area contributed by atoms with Crippen LogP contribution in [0.15, 0.2) is 16.0 Å². The van der Waals surface area contributed by atoms with Gasteiger partial charge in [0.05, 0.1) is 25.0 Å². The third-order valence-electron chi connectivity index (χ3n) is 4.18. The molecule has 23 heavy (non-hydrogen) atoms. The number of hydrogen-bond donors (Lipinski definition) is 0. The molecule has 1 atom stereocenters. The lowest BCUT2D eigenvalue weighted by Gasteiger charge is -2.23. The van der Waals surface area contributed by atoms with Gasteiger partial charge in [0.2, 0.25) is 5.89 Å². The normalized spacial score (nSPS) is 19.0. The molecular formula is C16H24N4O2S. The molecular weight excluding hydrogens is 312 g/mol. The highest BCUT2D eigenvalue weighted by Gasteiger charge is 2.26. The number of aromatic nitrogens is 2. The van der Waals surface area contributed by atoms with Gasteiger partial charge < -0.3 is 9.15 Å². The third-order valence-corrected chi connectivity index (χ3v) is 5.05. The molecule has 1 aliphatic heterocycles. The number of rotatable bonds is 7. The molecule has 0 saturated carbocycles. The molecule has 2 aromatic rings. The molecule has 3 rings (SSSR count). The fraction of sp³-hybridized carbons (Fsp3) is 0.625. The van der Waals surface area contributed by atoms with Crippen LogP contribution >= 0.6 is 11.3 Å². The second-order valence-corrected chi connectivity index (χ2v) is 7.07. The van der Waals surface area contributed by atoms with Gasteiger partial charge in [-0.15, -0.1) is 11.3 Å². The third kappa shape index (κ3) is 4.38. The van der Waals surface area contributed by atoms with E-state index in [0.29, 0.717) is 12.6 Å². The SMILES string of the molecule is COCc1nc(CN2CC[C@@H](N(C)Cc3ncc(C)o3)C2)cs1. The average Bonchev–Trinajstić information content (AvgIpc) is 3.23. The zero-order valence-corrected chi connectivity index (χ0v) is 14.8. The molecule has 1 aliphatic rings. The molecule has 6 nitrogen and oxygen atoms in total. The second kappa shape index (κ2) is 7.53. The summed E-state index contributed by atoms with van der Waals surface area (Å²) in [4.78, 5) is 13.7. The quantitative estimate of drug-likeness (QED) is 0.773. The molecule has 0 aliphatic carbocycles. The predicted molar refractivity (Wildman–Crippen MR) is 89.2 cm³/mol. The van der Waals surface area contributed by atoms with Crippen LogP contribution in [0, 0.1) is 6.92 Å². The maximum Gasteiger partial charge on any atom is 0.208 e. The Morgan fingerprint density at radius 1 is 1.52 bits per heavy atom. The fourth-order valence-electron chi connectivity index (χ4n) is 2.97. The summed E-state index contributed by atoms with van der Waals surface area (Å²) >= 11 is 1.67. The number of likely N-dealkylation sites (N-methyl/N-ethyl adjacent to an activating group) is 1. The summed E-state index contributed by atoms with van der Waals surface area (Å²) in [5.74, 6) is 1.67. The lowest BCUT2D eigenvalue weighted by molar-refractivity contribution is 0.184. The summed E-state index contributed by atoms with van der Waals surface area (Å²) < 4.78 is 10.7. The Morgan fingerprint density at radius 3 is 3.13 bits per heavy atom. The number of ether oxygens (including phenoxy) is 1. The van der Waals surface area contributed by atoms with Gasteiger partial charge in [-0.1, -0.05) is 0 Å². The highest BCUT2D eigenvalue weighted by Crippen LogP contribution is 2.20. The first-order chi connectivity index (χ1) is 11.1. The van der Waals surface area contributed by atoms with Crippen molar-refractivity contribution in [3.05, 3.63) is 33.9 Å². The Kier molecular flexibility index (Phi) is 5.42. The maximum absolute atomic E-state index is 5.58. The monoisotopic (exact) mass is 336 g/mol. The van der Waals surface area contributed by atoms with Crippen LogP contribution in [0.3, 0.4) is 0 Å². The van der Waals surface area contributed by atoms with Gasteiger partial charge in [-0.2, -0.15) is 0 Å². The van der Waals surface area contributed by atoms with Gasteiger partial charge in [0.25, 0.3) is 0 Å². The van der Waals surface area contributed by atoms with Crippen molar-refractivity contribution in [2.45, 2.75) is 39.1 Å². The molecule has 1 saturated heterocycles. The largest absolute Gasteiger partial charge is 0.445 e. The van der Waals surface area contributed by atoms with E-state index in [0.717, 1.165) is 48.5 Å². The van der Waals surface area contributed by atoms with Crippen molar-refractivity contribution in [1.82, 2.24) is 19.8 Å². The van der Waals surface area contributed by atoms with E-state index in [2.05, 4.69) is 32.2 Å². The topological polar surface area (TPSA) is 54.6 Å². The zero-order chi connectivity index (χ0) is 16.2. The summed E-state index contributed by atoms with van der Waals surface area (Å²) in [7, 11) is 3.85. The Hall–Kier alpha value is -1.28. The minimum Gasteiger partial charge on any atom is -0.445 e. The number of likely N-dealkylation sites (tertiary alicyclic amines) is 1. The number of oxazole rings is 1. The van der Waals surface area contributed by atoms with Crippen LogP contribution in [0.2, 0.25) is 0 Å². The van der Waals surface area contributed by atoms with Crippen molar-refractivity contribution in [2.75, 3.05) is 27.2 Å². The average molecular weight is 336 g/mol. The maximum atomic E-state index is 5.58. The molecule has 0 N–H and O–H groups in total. The van der Waals surface area contributed by atoms with Gasteiger partial charge in [0.1, 0.15) is 10.8 Å². The molecule has 0 radical (unpaired) electrons. The van der Waals surface area contributed by atoms with Crippen LogP contribution in [0.5, 0.6) is 0 Å². The minimum absolute atomic E-state index is 0.541. The van der Waals surface area contributed by atoms with Crippen LogP contribution in [-0.4, -0.2) is 53.1 Å². The van der Waals surface area contributed by atoms with Crippen LogP contribution in [0.25, 0.3) is 0 Å². The lowest BCUT2D eigenvalue weighted by atomic mass is 10.2. The standard InChI is InChI=1S/C16H24N4O2S/c1-12-6-17-15(22-12)9-19(2)14-4-5-20(8-14)7-13-11-23-16(18-13)10-21-3/h6,11,14H,4-5,7-10H2,1-3H3/t14-/m1/s1.